The minimum Gasteiger partial charge on any atom is -0.466 e. The van der Waals surface area contributed by atoms with E-state index in [2.05, 4.69) is 6.92 Å². The van der Waals surface area contributed by atoms with Gasteiger partial charge >= 0.3 is 11.9 Å². The van der Waals surface area contributed by atoms with Crippen molar-refractivity contribution in [2.24, 2.45) is 5.92 Å². The van der Waals surface area contributed by atoms with Gasteiger partial charge in [0.05, 0.1) is 20.3 Å². The molecule has 2 rings (SSSR count). The summed E-state index contributed by atoms with van der Waals surface area (Å²) in [6, 6.07) is 9.79. The van der Waals surface area contributed by atoms with E-state index in [0.717, 1.165) is 43.4 Å². The molecule has 0 aliphatic carbocycles. The predicted molar refractivity (Wildman–Crippen MR) is 112 cm³/mol. The second-order valence-corrected chi connectivity index (χ2v) is 7.31. The van der Waals surface area contributed by atoms with Crippen LogP contribution < -0.4 is 0 Å². The van der Waals surface area contributed by atoms with Crippen LogP contribution >= 0.6 is 0 Å². The molecule has 0 radical (unpaired) electrons. The number of hydrogen-bond donors (Lipinski definition) is 0. The van der Waals surface area contributed by atoms with Gasteiger partial charge in [-0.1, -0.05) is 56.2 Å². The van der Waals surface area contributed by atoms with Crippen molar-refractivity contribution in [3.63, 3.8) is 0 Å². The minimum absolute atomic E-state index is 0.274. The topological polar surface area (TPSA) is 61.8 Å². The van der Waals surface area contributed by atoms with E-state index in [1.54, 1.807) is 6.08 Å². The van der Waals surface area contributed by atoms with Crippen molar-refractivity contribution < 1.29 is 23.8 Å². The molecule has 158 valence electrons. The third-order valence-electron chi connectivity index (χ3n) is 5.00. The maximum Gasteiger partial charge on any atom is 0.334 e. The lowest BCUT2D eigenvalue weighted by molar-refractivity contribution is -0.139. The molecule has 1 aromatic rings. The van der Waals surface area contributed by atoms with Crippen molar-refractivity contribution in [3.8, 4) is 0 Å². The Balaban J connectivity index is 2.15. The lowest BCUT2D eigenvalue weighted by atomic mass is 9.95. The van der Waals surface area contributed by atoms with Crippen molar-refractivity contribution in [2.75, 3.05) is 26.9 Å². The van der Waals surface area contributed by atoms with E-state index in [-0.39, 0.29) is 11.9 Å². The maximum atomic E-state index is 12.5. The second kappa shape index (κ2) is 12.9. The number of carbonyl (C=O) groups is 2. The quantitative estimate of drug-likeness (QED) is 0.238. The van der Waals surface area contributed by atoms with Crippen LogP contribution in [0.2, 0.25) is 0 Å². The van der Waals surface area contributed by atoms with Gasteiger partial charge in [0.25, 0.3) is 0 Å². The molecule has 0 N–H and O–H groups in total. The van der Waals surface area contributed by atoms with Gasteiger partial charge in [-0.05, 0) is 30.4 Å². The summed E-state index contributed by atoms with van der Waals surface area (Å²) >= 11 is 0. The van der Waals surface area contributed by atoms with Crippen LogP contribution in [0.3, 0.4) is 0 Å². The second-order valence-electron chi connectivity index (χ2n) is 7.31. The van der Waals surface area contributed by atoms with Gasteiger partial charge in [-0.2, -0.15) is 0 Å². The van der Waals surface area contributed by atoms with Crippen LogP contribution in [0.5, 0.6) is 0 Å². The molecule has 0 saturated carbocycles. The normalized spacial score (nSPS) is 17.2. The first-order valence-electron chi connectivity index (χ1n) is 10.4. The van der Waals surface area contributed by atoms with Crippen LogP contribution in [0.25, 0.3) is 0 Å². The summed E-state index contributed by atoms with van der Waals surface area (Å²) in [5.74, 6) is -0.481. The van der Waals surface area contributed by atoms with E-state index in [1.165, 1.54) is 13.2 Å². The van der Waals surface area contributed by atoms with Crippen LogP contribution in [-0.2, 0) is 30.2 Å². The summed E-state index contributed by atoms with van der Waals surface area (Å²) in [4.78, 5) is 24.7. The zero-order valence-electron chi connectivity index (χ0n) is 17.5. The summed E-state index contributed by atoms with van der Waals surface area (Å²) in [7, 11) is 1.39. The number of ether oxygens (including phenoxy) is 3. The van der Waals surface area contributed by atoms with Crippen molar-refractivity contribution in [3.05, 3.63) is 59.2 Å². The summed E-state index contributed by atoms with van der Waals surface area (Å²) in [6.45, 7) is 3.87. The fourth-order valence-electron chi connectivity index (χ4n) is 3.27. The molecule has 1 unspecified atom stereocenters. The highest BCUT2D eigenvalue weighted by atomic mass is 16.5. The number of methoxy groups -OCH3 is 1. The number of unbranched alkanes of at least 4 members (excludes halogenated alkanes) is 2. The Morgan fingerprint density at radius 2 is 1.97 bits per heavy atom. The molecule has 1 aliphatic heterocycles. The molecule has 0 bridgehead atoms. The minimum atomic E-state index is -0.395. The molecular formula is C24H32O5. The average molecular weight is 401 g/mol. The highest BCUT2D eigenvalue weighted by Gasteiger charge is 2.18. The molecule has 1 saturated heterocycles. The Kier molecular flexibility index (Phi) is 10.2. The molecule has 1 aromatic carbocycles. The molecule has 0 aromatic heterocycles. The van der Waals surface area contributed by atoms with Gasteiger partial charge in [0.15, 0.2) is 0 Å². The van der Waals surface area contributed by atoms with E-state index in [1.807, 2.05) is 30.3 Å². The number of benzene rings is 1. The van der Waals surface area contributed by atoms with Crippen LogP contribution in [-0.4, -0.2) is 38.9 Å². The van der Waals surface area contributed by atoms with Gasteiger partial charge in [-0.15, -0.1) is 0 Å². The van der Waals surface area contributed by atoms with Gasteiger partial charge in [-0.3, -0.25) is 0 Å². The van der Waals surface area contributed by atoms with Gasteiger partial charge in [-0.25, -0.2) is 9.59 Å². The standard InChI is InChI=1S/C24H32O5/c1-3-4-6-11-21(12-13-23(25)29-18-20-14-15-28-17-20)22(24(26)27-2)16-19-9-7-5-8-10-19/h5,7-10,12-13,20H,3-4,6,11,14-18H2,1-2H3/b13-12+,22-21+. The van der Waals surface area contributed by atoms with E-state index in [0.29, 0.717) is 31.6 Å². The number of carbonyl (C=O) groups excluding carboxylic acids is 2. The molecule has 0 amide bonds. The summed E-state index contributed by atoms with van der Waals surface area (Å²) in [5, 5.41) is 0. The highest BCUT2D eigenvalue weighted by molar-refractivity contribution is 5.91. The zero-order valence-corrected chi connectivity index (χ0v) is 17.5. The van der Waals surface area contributed by atoms with Gasteiger partial charge in [0, 0.05) is 30.6 Å². The number of esters is 2. The molecule has 5 nitrogen and oxygen atoms in total. The third-order valence-corrected chi connectivity index (χ3v) is 5.00. The van der Waals surface area contributed by atoms with Gasteiger partial charge in [0.2, 0.25) is 0 Å². The summed E-state index contributed by atoms with van der Waals surface area (Å²) in [5.41, 5.74) is 2.44. The Morgan fingerprint density at radius 1 is 1.17 bits per heavy atom. The average Bonchev–Trinajstić information content (AvgIpc) is 3.27. The smallest absolute Gasteiger partial charge is 0.334 e. The lowest BCUT2D eigenvalue weighted by Crippen LogP contribution is -2.13. The van der Waals surface area contributed by atoms with Crippen LogP contribution in [0.4, 0.5) is 0 Å². The molecule has 1 fully saturated rings. The van der Waals surface area contributed by atoms with E-state index in [4.69, 9.17) is 14.2 Å². The first-order valence-corrected chi connectivity index (χ1v) is 10.4. The Morgan fingerprint density at radius 3 is 2.62 bits per heavy atom. The van der Waals surface area contributed by atoms with Crippen molar-refractivity contribution in [2.45, 2.75) is 45.4 Å². The maximum absolute atomic E-state index is 12.5. The summed E-state index contributed by atoms with van der Waals surface area (Å²) in [6.07, 6.45) is 8.32. The first kappa shape index (κ1) is 22.9. The van der Waals surface area contributed by atoms with Crippen LogP contribution in [0.1, 0.15) is 44.6 Å². The number of rotatable bonds is 11. The van der Waals surface area contributed by atoms with Crippen molar-refractivity contribution in [1.82, 2.24) is 0 Å². The monoisotopic (exact) mass is 400 g/mol. The fourth-order valence-corrected chi connectivity index (χ4v) is 3.27. The summed E-state index contributed by atoms with van der Waals surface area (Å²) < 4.78 is 15.7. The van der Waals surface area contributed by atoms with Gasteiger partial charge in [0.1, 0.15) is 0 Å². The van der Waals surface area contributed by atoms with Gasteiger partial charge < -0.3 is 14.2 Å². The molecular weight excluding hydrogens is 368 g/mol. The first-order chi connectivity index (χ1) is 14.1. The Labute approximate surface area is 173 Å². The Hall–Kier alpha value is -2.40. The zero-order chi connectivity index (χ0) is 20.9. The van der Waals surface area contributed by atoms with E-state index >= 15 is 0 Å². The highest BCUT2D eigenvalue weighted by Crippen LogP contribution is 2.21. The number of hydrogen-bond acceptors (Lipinski definition) is 5. The molecule has 1 atom stereocenters. The van der Waals surface area contributed by atoms with E-state index < -0.39 is 5.97 Å². The predicted octanol–water partition coefficient (Wildman–Crippen LogP) is 4.41. The largest absolute Gasteiger partial charge is 0.466 e. The molecule has 0 spiro atoms. The number of allylic oxidation sites excluding steroid dienone is 2. The molecule has 29 heavy (non-hydrogen) atoms. The SMILES string of the molecule is CCCCCC(/C=C/C(=O)OCC1CCOC1)=C(/Cc1ccccc1)C(=O)OC. The molecule has 1 heterocycles. The van der Waals surface area contributed by atoms with Crippen LogP contribution in [0.15, 0.2) is 53.6 Å². The Bertz CT molecular complexity index is 699. The molecule has 1 aliphatic rings. The fraction of sp³-hybridized carbons (Fsp3) is 0.500. The lowest BCUT2D eigenvalue weighted by Gasteiger charge is -2.12. The van der Waals surface area contributed by atoms with Crippen molar-refractivity contribution in [1.29, 1.82) is 0 Å². The third kappa shape index (κ3) is 8.24. The van der Waals surface area contributed by atoms with Crippen LogP contribution in [0, 0.1) is 5.92 Å². The van der Waals surface area contributed by atoms with Crippen molar-refractivity contribution >= 4 is 11.9 Å². The molecule has 5 heteroatoms. The van der Waals surface area contributed by atoms with E-state index in [9.17, 15) is 9.59 Å².